The topological polar surface area (TPSA) is 65.1 Å². The van der Waals surface area contributed by atoms with Gasteiger partial charge < -0.3 is 20.7 Å². The fourth-order valence-electron chi connectivity index (χ4n) is 2.48. The van der Waals surface area contributed by atoms with Crippen LogP contribution in [0, 0.1) is 5.41 Å². The lowest BCUT2D eigenvalue weighted by Gasteiger charge is -2.38. The number of oxime groups is 1. The van der Waals surface area contributed by atoms with E-state index < -0.39 is 0 Å². The van der Waals surface area contributed by atoms with Gasteiger partial charge in [0.15, 0.2) is 0 Å². The van der Waals surface area contributed by atoms with Crippen LogP contribution < -0.4 is 15.5 Å². The molecule has 20 heavy (non-hydrogen) atoms. The van der Waals surface area contributed by atoms with E-state index in [4.69, 9.17) is 10.9 Å². The molecular weight excluding hydrogens is 252 g/mol. The summed E-state index contributed by atoms with van der Waals surface area (Å²) in [5, 5.41) is 12.0. The molecule has 5 heteroatoms. The first-order valence-electron chi connectivity index (χ1n) is 6.99. The summed E-state index contributed by atoms with van der Waals surface area (Å²) in [4.78, 5) is 4.66. The van der Waals surface area contributed by atoms with Crippen molar-refractivity contribution in [2.75, 3.05) is 36.5 Å². The summed E-state index contributed by atoms with van der Waals surface area (Å²) in [5.74, 6) is 0.292. The van der Waals surface area contributed by atoms with Crippen molar-refractivity contribution in [2.45, 2.75) is 20.3 Å². The highest BCUT2D eigenvalue weighted by Gasteiger charge is 2.26. The molecule has 0 aliphatic carbocycles. The zero-order valence-corrected chi connectivity index (χ0v) is 12.5. The third-order valence-electron chi connectivity index (χ3n) is 4.15. The number of likely N-dealkylation sites (N-methyl/N-ethyl adjacent to an activating group) is 1. The van der Waals surface area contributed by atoms with Crippen molar-refractivity contribution < 1.29 is 5.21 Å². The molecular formula is C15H24N4O. The van der Waals surface area contributed by atoms with E-state index >= 15 is 0 Å². The van der Waals surface area contributed by atoms with E-state index in [1.54, 1.807) is 0 Å². The predicted octanol–water partition coefficient (Wildman–Crippen LogP) is 2.11. The lowest BCUT2D eigenvalue weighted by Crippen LogP contribution is -2.42. The minimum atomic E-state index is -0.299. The molecule has 0 bridgehead atoms. The third-order valence-corrected chi connectivity index (χ3v) is 4.15. The summed E-state index contributed by atoms with van der Waals surface area (Å²) in [6.07, 6.45) is 0.848. The highest BCUT2D eigenvalue weighted by molar-refractivity contribution is 5.85. The number of rotatable bonds is 4. The number of nitrogens with zero attached hydrogens (tertiary/aromatic N) is 3. The Balaban J connectivity index is 2.10. The van der Waals surface area contributed by atoms with Gasteiger partial charge in [0, 0.05) is 32.1 Å². The lowest BCUT2D eigenvalue weighted by atomic mass is 9.87. The Hall–Kier alpha value is -1.91. The summed E-state index contributed by atoms with van der Waals surface area (Å²) < 4.78 is 0. The van der Waals surface area contributed by atoms with Gasteiger partial charge in [-0.3, -0.25) is 0 Å². The number of benzene rings is 1. The Morgan fingerprint density at radius 3 is 2.60 bits per heavy atom. The molecule has 1 aromatic rings. The molecule has 0 unspecified atom stereocenters. The Morgan fingerprint density at radius 1 is 1.30 bits per heavy atom. The highest BCUT2D eigenvalue weighted by atomic mass is 16.4. The fourth-order valence-corrected chi connectivity index (χ4v) is 2.48. The first kappa shape index (κ1) is 14.5. The van der Waals surface area contributed by atoms with Crippen LogP contribution in [0.3, 0.4) is 0 Å². The maximum absolute atomic E-state index is 8.84. The number of fused-ring (bicyclic) bond motifs is 1. The van der Waals surface area contributed by atoms with Crippen LogP contribution in [0.25, 0.3) is 0 Å². The molecule has 5 nitrogen and oxygen atoms in total. The molecule has 1 aliphatic heterocycles. The summed E-state index contributed by atoms with van der Waals surface area (Å²) in [5.41, 5.74) is 7.98. The van der Waals surface area contributed by atoms with Gasteiger partial charge in [0.2, 0.25) is 0 Å². The Labute approximate surface area is 120 Å². The Morgan fingerprint density at radius 2 is 1.95 bits per heavy atom. The van der Waals surface area contributed by atoms with E-state index in [1.807, 2.05) is 13.8 Å². The van der Waals surface area contributed by atoms with Crippen molar-refractivity contribution >= 4 is 17.2 Å². The molecule has 0 radical (unpaired) electrons. The van der Waals surface area contributed by atoms with Crippen LogP contribution in [0.4, 0.5) is 11.4 Å². The van der Waals surface area contributed by atoms with E-state index in [9.17, 15) is 0 Å². The summed E-state index contributed by atoms with van der Waals surface area (Å²) >= 11 is 0. The number of para-hydroxylation sites is 2. The van der Waals surface area contributed by atoms with E-state index in [0.29, 0.717) is 5.84 Å². The van der Waals surface area contributed by atoms with Crippen molar-refractivity contribution in [2.24, 2.45) is 16.3 Å². The minimum absolute atomic E-state index is 0.292. The average Bonchev–Trinajstić information content (AvgIpc) is 2.46. The number of amidine groups is 1. The van der Waals surface area contributed by atoms with Crippen molar-refractivity contribution in [1.29, 1.82) is 0 Å². The van der Waals surface area contributed by atoms with Gasteiger partial charge in [-0.05, 0) is 18.6 Å². The van der Waals surface area contributed by atoms with Crippen LogP contribution in [0.2, 0.25) is 0 Å². The maximum Gasteiger partial charge on any atom is 0.144 e. The molecule has 0 atom stereocenters. The van der Waals surface area contributed by atoms with Crippen molar-refractivity contribution in [3.63, 3.8) is 0 Å². The van der Waals surface area contributed by atoms with E-state index in [1.165, 1.54) is 11.4 Å². The van der Waals surface area contributed by atoms with E-state index in [-0.39, 0.29) is 5.41 Å². The average molecular weight is 276 g/mol. The Bertz CT molecular complexity index is 498. The SMILES string of the molecule is CN1CCN(CCC(C)(C)C(N)=NO)c2ccccc21. The molecule has 1 aliphatic rings. The molecule has 0 amide bonds. The van der Waals surface area contributed by atoms with Crippen LogP contribution in [0.5, 0.6) is 0 Å². The summed E-state index contributed by atoms with van der Waals surface area (Å²) in [7, 11) is 2.12. The highest BCUT2D eigenvalue weighted by Crippen LogP contribution is 2.33. The fraction of sp³-hybridized carbons (Fsp3) is 0.533. The molecule has 3 N–H and O–H groups in total. The smallest absolute Gasteiger partial charge is 0.144 e. The Kier molecular flexibility index (Phi) is 4.06. The van der Waals surface area contributed by atoms with Gasteiger partial charge >= 0.3 is 0 Å². The van der Waals surface area contributed by atoms with Crippen LogP contribution in [0.15, 0.2) is 29.4 Å². The second-order valence-corrected chi connectivity index (χ2v) is 6.02. The number of hydrogen-bond donors (Lipinski definition) is 2. The number of hydrogen-bond acceptors (Lipinski definition) is 4. The number of nitrogens with two attached hydrogens (primary N) is 1. The van der Waals surface area contributed by atoms with Gasteiger partial charge in [0.05, 0.1) is 11.4 Å². The van der Waals surface area contributed by atoms with Crippen LogP contribution >= 0.6 is 0 Å². The molecule has 1 heterocycles. The van der Waals surface area contributed by atoms with Crippen molar-refractivity contribution in [3.8, 4) is 0 Å². The zero-order chi connectivity index (χ0) is 14.8. The van der Waals surface area contributed by atoms with Gasteiger partial charge in [0.25, 0.3) is 0 Å². The van der Waals surface area contributed by atoms with Crippen LogP contribution in [-0.2, 0) is 0 Å². The molecule has 1 aromatic carbocycles. The van der Waals surface area contributed by atoms with Gasteiger partial charge in [0.1, 0.15) is 5.84 Å². The van der Waals surface area contributed by atoms with Crippen LogP contribution in [-0.4, -0.2) is 37.7 Å². The molecule has 0 aromatic heterocycles. The lowest BCUT2D eigenvalue weighted by molar-refractivity contribution is 0.305. The van der Waals surface area contributed by atoms with Gasteiger partial charge in [-0.1, -0.05) is 31.1 Å². The van der Waals surface area contributed by atoms with Crippen molar-refractivity contribution in [3.05, 3.63) is 24.3 Å². The van der Waals surface area contributed by atoms with Gasteiger partial charge in [-0.25, -0.2) is 0 Å². The summed E-state index contributed by atoms with van der Waals surface area (Å²) in [6.45, 7) is 6.92. The summed E-state index contributed by atoms with van der Waals surface area (Å²) in [6, 6.07) is 8.44. The maximum atomic E-state index is 8.84. The zero-order valence-electron chi connectivity index (χ0n) is 12.5. The normalized spacial score (nSPS) is 16.2. The molecule has 2 rings (SSSR count). The molecule has 0 saturated carbocycles. The first-order valence-corrected chi connectivity index (χ1v) is 6.99. The quantitative estimate of drug-likeness (QED) is 0.382. The first-order chi connectivity index (χ1) is 9.45. The molecule has 0 saturated heterocycles. The van der Waals surface area contributed by atoms with Crippen LogP contribution in [0.1, 0.15) is 20.3 Å². The number of anilines is 2. The minimum Gasteiger partial charge on any atom is -0.409 e. The van der Waals surface area contributed by atoms with Gasteiger partial charge in [-0.2, -0.15) is 0 Å². The second-order valence-electron chi connectivity index (χ2n) is 6.02. The molecule has 0 fully saturated rings. The van der Waals surface area contributed by atoms with E-state index in [2.05, 4.69) is 46.3 Å². The van der Waals surface area contributed by atoms with E-state index in [0.717, 1.165) is 26.1 Å². The monoisotopic (exact) mass is 276 g/mol. The van der Waals surface area contributed by atoms with Gasteiger partial charge in [-0.15, -0.1) is 0 Å². The standard InChI is InChI=1S/C15H24N4O/c1-15(2,14(16)17-20)8-9-19-11-10-18(3)12-6-4-5-7-13(12)19/h4-7,20H,8-11H2,1-3H3,(H2,16,17). The largest absolute Gasteiger partial charge is 0.409 e. The third kappa shape index (κ3) is 2.81. The molecule has 110 valence electrons. The molecule has 0 spiro atoms. The van der Waals surface area contributed by atoms with Crippen molar-refractivity contribution in [1.82, 2.24) is 0 Å². The second kappa shape index (κ2) is 5.61. The predicted molar refractivity (Wildman–Crippen MR) is 83.7 cm³/mol.